The van der Waals surface area contributed by atoms with Gasteiger partial charge in [0.15, 0.2) is 0 Å². The Morgan fingerprint density at radius 1 is 1.06 bits per heavy atom. The lowest BCUT2D eigenvalue weighted by Crippen LogP contribution is -2.49. The molecule has 2 aromatic rings. The van der Waals surface area contributed by atoms with Gasteiger partial charge in [0.1, 0.15) is 5.75 Å². The van der Waals surface area contributed by atoms with Crippen molar-refractivity contribution in [3.63, 3.8) is 0 Å². The molecule has 1 aliphatic carbocycles. The molecule has 0 aromatic carbocycles. The molecule has 4 rings (SSSR count). The molecule has 1 spiro atoms. The van der Waals surface area contributed by atoms with E-state index in [0.717, 1.165) is 5.69 Å². The van der Waals surface area contributed by atoms with Crippen LogP contribution in [0.15, 0.2) is 35.8 Å². The van der Waals surface area contributed by atoms with Crippen molar-refractivity contribution in [2.75, 3.05) is 13.2 Å². The maximum absolute atomic E-state index is 10.2. The first-order valence-electron chi connectivity index (χ1n) is 10.9. The second-order valence-electron chi connectivity index (χ2n) is 9.25. The van der Waals surface area contributed by atoms with Gasteiger partial charge in [0, 0.05) is 43.3 Å². The molecule has 1 atom stereocenters. The van der Waals surface area contributed by atoms with Crippen molar-refractivity contribution in [1.29, 1.82) is 0 Å². The van der Waals surface area contributed by atoms with Gasteiger partial charge in [0.25, 0.3) is 0 Å². The molecule has 12 heteroatoms. The predicted octanol–water partition coefficient (Wildman–Crippen LogP) is -0.767. The molecular formula is C22H30N2O9S. The van der Waals surface area contributed by atoms with Crippen molar-refractivity contribution in [2.24, 2.45) is 0 Å². The van der Waals surface area contributed by atoms with Gasteiger partial charge < -0.3 is 50.5 Å². The zero-order valence-corrected chi connectivity index (χ0v) is 19.2. The Morgan fingerprint density at radius 2 is 1.79 bits per heavy atom. The predicted molar refractivity (Wildman–Crippen MR) is 118 cm³/mol. The van der Waals surface area contributed by atoms with Crippen LogP contribution in [0.5, 0.6) is 5.75 Å². The maximum atomic E-state index is 10.2. The van der Waals surface area contributed by atoms with Gasteiger partial charge in [0.2, 0.25) is 11.6 Å². The minimum absolute atomic E-state index is 0.143. The Bertz CT molecular complexity index is 960. The Balaban J connectivity index is 1.48. The van der Waals surface area contributed by atoms with Crippen LogP contribution in [0.1, 0.15) is 42.7 Å². The summed E-state index contributed by atoms with van der Waals surface area (Å²) >= 11 is 1.32. The zero-order valence-electron chi connectivity index (χ0n) is 18.4. The molecule has 2 aliphatic rings. The van der Waals surface area contributed by atoms with Gasteiger partial charge in [-0.2, -0.15) is 0 Å². The van der Waals surface area contributed by atoms with Crippen LogP contribution in [0.25, 0.3) is 0 Å². The summed E-state index contributed by atoms with van der Waals surface area (Å²) in [5.74, 6) is -5.23. The Kier molecular flexibility index (Phi) is 6.76. The standard InChI is InChI=1S/C22H30N2O9S/c25-20(26)13-19(14-21(20,27)28)12-18(6-9-32-19,17-3-1-2-7-24-17)5-8-23-11-16-15(4-10-34-16)33-22(29,30)31/h1-4,7,10,23,25-31H,5-6,8-9,11-14H2/t18-/m1/s1. The van der Waals surface area contributed by atoms with E-state index in [1.165, 1.54) is 17.4 Å². The van der Waals surface area contributed by atoms with Crippen LogP contribution >= 0.6 is 11.3 Å². The van der Waals surface area contributed by atoms with Crippen LogP contribution in [0, 0.1) is 0 Å². The van der Waals surface area contributed by atoms with Crippen molar-refractivity contribution in [3.8, 4) is 5.75 Å². The number of nitrogens with one attached hydrogen (secondary N) is 1. The summed E-state index contributed by atoms with van der Waals surface area (Å²) in [6.45, 7) is 1.15. The minimum atomic E-state index is -3.26. The van der Waals surface area contributed by atoms with Crippen molar-refractivity contribution < 1.29 is 45.2 Å². The molecule has 0 unspecified atom stereocenters. The number of hydrogen-bond donors (Lipinski definition) is 8. The molecule has 11 nitrogen and oxygen atoms in total. The average molecular weight is 499 g/mol. The zero-order chi connectivity index (χ0) is 24.7. The van der Waals surface area contributed by atoms with Crippen LogP contribution in [0.4, 0.5) is 0 Å². The van der Waals surface area contributed by atoms with Gasteiger partial charge in [-0.3, -0.25) is 4.98 Å². The highest BCUT2D eigenvalue weighted by atomic mass is 32.1. The minimum Gasteiger partial charge on any atom is -0.416 e. The number of aliphatic hydroxyl groups is 7. The third kappa shape index (κ3) is 5.26. The molecule has 1 saturated heterocycles. The molecule has 0 radical (unpaired) electrons. The molecule has 0 bridgehead atoms. The van der Waals surface area contributed by atoms with Crippen LogP contribution < -0.4 is 10.1 Å². The maximum Gasteiger partial charge on any atom is 0.453 e. The number of rotatable bonds is 8. The van der Waals surface area contributed by atoms with Crippen LogP contribution in [0.2, 0.25) is 0 Å². The van der Waals surface area contributed by atoms with Crippen LogP contribution in [-0.4, -0.2) is 77.2 Å². The number of hydrogen-bond acceptors (Lipinski definition) is 12. The number of thiophene rings is 1. The molecule has 8 N–H and O–H groups in total. The summed E-state index contributed by atoms with van der Waals surface area (Å²) in [7, 11) is 0. The molecule has 1 aliphatic heterocycles. The summed E-state index contributed by atoms with van der Waals surface area (Å²) < 4.78 is 10.7. The molecule has 3 heterocycles. The molecule has 2 aromatic heterocycles. The van der Waals surface area contributed by atoms with E-state index in [9.17, 15) is 20.4 Å². The molecule has 2 fully saturated rings. The average Bonchev–Trinajstić information content (AvgIpc) is 3.22. The SMILES string of the molecule is OC(O)(O)Oc1ccsc1CNCC[C@@]1(c2ccccn2)CCOC2(CC(O)(O)C(O)(O)C2)C1. The highest BCUT2D eigenvalue weighted by Crippen LogP contribution is 2.54. The van der Waals surface area contributed by atoms with E-state index in [0.29, 0.717) is 37.2 Å². The Hall–Kier alpha value is -1.71. The van der Waals surface area contributed by atoms with Crippen molar-refractivity contribution >= 4 is 11.3 Å². The lowest BCUT2D eigenvalue weighted by molar-refractivity contribution is -0.419. The second-order valence-corrected chi connectivity index (χ2v) is 10.3. The van der Waals surface area contributed by atoms with E-state index < -0.39 is 28.7 Å². The van der Waals surface area contributed by atoms with Crippen molar-refractivity contribution in [1.82, 2.24) is 10.3 Å². The molecule has 34 heavy (non-hydrogen) atoms. The topological polar surface area (TPSA) is 185 Å². The summed E-state index contributed by atoms with van der Waals surface area (Å²) in [6, 6.07) is 7.10. The molecule has 0 amide bonds. The third-order valence-electron chi connectivity index (χ3n) is 6.65. The van der Waals surface area contributed by atoms with Crippen LogP contribution in [-0.2, 0) is 16.7 Å². The van der Waals surface area contributed by atoms with E-state index in [1.54, 1.807) is 17.6 Å². The fourth-order valence-electron chi connectivity index (χ4n) is 5.15. The molecular weight excluding hydrogens is 468 g/mol. The van der Waals surface area contributed by atoms with Gasteiger partial charge in [0.05, 0.1) is 10.5 Å². The highest BCUT2D eigenvalue weighted by Gasteiger charge is 2.65. The molecule has 1 saturated carbocycles. The largest absolute Gasteiger partial charge is 0.453 e. The van der Waals surface area contributed by atoms with E-state index in [-0.39, 0.29) is 25.2 Å². The van der Waals surface area contributed by atoms with Crippen molar-refractivity contribution in [3.05, 3.63) is 46.4 Å². The third-order valence-corrected chi connectivity index (χ3v) is 7.56. The van der Waals surface area contributed by atoms with E-state index in [2.05, 4.69) is 10.3 Å². The quantitative estimate of drug-likeness (QED) is 0.169. The van der Waals surface area contributed by atoms with E-state index >= 15 is 0 Å². The summed E-state index contributed by atoms with van der Waals surface area (Å²) in [5.41, 5.74) is -0.849. The Labute approximate surface area is 199 Å². The lowest BCUT2D eigenvalue weighted by atomic mass is 9.67. The number of nitrogens with zero attached hydrogens (tertiary/aromatic N) is 1. The monoisotopic (exact) mass is 498 g/mol. The number of pyridine rings is 1. The van der Waals surface area contributed by atoms with E-state index in [4.69, 9.17) is 24.8 Å². The van der Waals surface area contributed by atoms with Gasteiger partial charge in [-0.25, -0.2) is 0 Å². The highest BCUT2D eigenvalue weighted by molar-refractivity contribution is 7.10. The van der Waals surface area contributed by atoms with Gasteiger partial charge in [-0.1, -0.05) is 6.07 Å². The Morgan fingerprint density at radius 3 is 2.44 bits per heavy atom. The molecule has 188 valence electrons. The normalized spacial score (nSPS) is 25.5. The van der Waals surface area contributed by atoms with E-state index in [1.807, 2.05) is 12.1 Å². The summed E-state index contributed by atoms with van der Waals surface area (Å²) in [6.07, 6.45) is -0.733. The first-order valence-corrected chi connectivity index (χ1v) is 11.8. The van der Waals surface area contributed by atoms with Gasteiger partial charge >= 0.3 is 6.16 Å². The van der Waals surface area contributed by atoms with Gasteiger partial charge in [-0.15, -0.1) is 11.3 Å². The second kappa shape index (κ2) is 9.06. The smallest absolute Gasteiger partial charge is 0.416 e. The lowest BCUT2D eigenvalue weighted by Gasteiger charge is -2.46. The number of aromatic nitrogens is 1. The first-order chi connectivity index (χ1) is 15.9. The van der Waals surface area contributed by atoms with Crippen molar-refractivity contribution in [2.45, 2.75) is 67.4 Å². The summed E-state index contributed by atoms with van der Waals surface area (Å²) in [4.78, 5) is 5.21. The van der Waals surface area contributed by atoms with Crippen LogP contribution in [0.3, 0.4) is 0 Å². The summed E-state index contributed by atoms with van der Waals surface area (Å²) in [5, 5.41) is 73.0. The van der Waals surface area contributed by atoms with Gasteiger partial charge in [-0.05, 0) is 49.4 Å². The number of ether oxygens (including phenoxy) is 2. The fraction of sp³-hybridized carbons (Fsp3) is 0.591. The first kappa shape index (κ1) is 25.4. The fourth-order valence-corrected chi connectivity index (χ4v) is 5.92.